The lowest BCUT2D eigenvalue weighted by Gasteiger charge is -2.14. The van der Waals surface area contributed by atoms with Crippen molar-refractivity contribution in [2.24, 2.45) is 0 Å². The number of ketones is 1. The minimum absolute atomic E-state index is 0.300. The number of rotatable bonds is 4. The topological polar surface area (TPSA) is 37.3 Å². The molecule has 3 heteroatoms. The first kappa shape index (κ1) is 12.5. The lowest BCUT2D eigenvalue weighted by atomic mass is 9.98. The first-order valence-electron chi connectivity index (χ1n) is 5.66. The highest BCUT2D eigenvalue weighted by molar-refractivity contribution is 5.99. The molecule has 0 bridgehead atoms. The van der Waals surface area contributed by atoms with Crippen molar-refractivity contribution in [3.8, 4) is 0 Å². The van der Waals surface area contributed by atoms with Crippen molar-refractivity contribution in [1.82, 2.24) is 0 Å². The second-order valence-corrected chi connectivity index (χ2v) is 3.99. The molecule has 0 amide bonds. The molecule has 0 aliphatic heterocycles. The average Bonchev–Trinajstić information content (AvgIpc) is 2.47. The first-order valence-corrected chi connectivity index (χ1v) is 5.66. The zero-order chi connectivity index (χ0) is 13.0. The average molecular weight is 244 g/mol. The maximum absolute atomic E-state index is 14.0. The molecule has 1 N–H and O–H groups in total. The fourth-order valence-corrected chi connectivity index (χ4v) is 1.73. The van der Waals surface area contributed by atoms with Crippen LogP contribution in [-0.2, 0) is 0 Å². The Labute approximate surface area is 105 Å². The third kappa shape index (κ3) is 2.63. The summed E-state index contributed by atoms with van der Waals surface area (Å²) in [5.74, 6) is -0.605. The van der Waals surface area contributed by atoms with Crippen molar-refractivity contribution in [1.29, 1.82) is 0 Å². The quantitative estimate of drug-likeness (QED) is 0.839. The number of hydrogen-bond donors (Lipinski definition) is 1. The highest BCUT2D eigenvalue weighted by Gasteiger charge is 2.27. The number of alkyl halides is 1. The van der Waals surface area contributed by atoms with Gasteiger partial charge in [-0.1, -0.05) is 60.7 Å². The molecular weight excluding hydrogens is 231 g/mol. The second kappa shape index (κ2) is 5.56. The highest BCUT2D eigenvalue weighted by atomic mass is 19.1. The smallest absolute Gasteiger partial charge is 0.194 e. The van der Waals surface area contributed by atoms with Crippen LogP contribution in [0.5, 0.6) is 0 Å². The van der Waals surface area contributed by atoms with Crippen LogP contribution >= 0.6 is 0 Å². The van der Waals surface area contributed by atoms with Crippen LogP contribution in [0.1, 0.15) is 22.1 Å². The fourth-order valence-electron chi connectivity index (χ4n) is 1.73. The number of aliphatic hydroxyl groups excluding tert-OH is 1. The van der Waals surface area contributed by atoms with E-state index in [1.165, 1.54) is 0 Å². The molecule has 2 aromatic rings. The third-order valence-corrected chi connectivity index (χ3v) is 2.72. The fraction of sp³-hybridized carbons (Fsp3) is 0.133. The van der Waals surface area contributed by atoms with Crippen molar-refractivity contribution < 1.29 is 14.3 Å². The van der Waals surface area contributed by atoms with Gasteiger partial charge in [-0.25, -0.2) is 4.39 Å². The van der Waals surface area contributed by atoms with Gasteiger partial charge in [-0.3, -0.25) is 4.79 Å². The maximum Gasteiger partial charge on any atom is 0.194 e. The molecule has 0 fully saturated rings. The van der Waals surface area contributed by atoms with Crippen molar-refractivity contribution in [3.63, 3.8) is 0 Å². The van der Waals surface area contributed by atoms with E-state index in [2.05, 4.69) is 0 Å². The van der Waals surface area contributed by atoms with E-state index >= 15 is 0 Å². The van der Waals surface area contributed by atoms with Gasteiger partial charge in [0.2, 0.25) is 0 Å². The van der Waals surface area contributed by atoms with Crippen LogP contribution < -0.4 is 0 Å². The molecule has 2 atom stereocenters. The van der Waals surface area contributed by atoms with Crippen molar-refractivity contribution in [2.45, 2.75) is 12.3 Å². The zero-order valence-corrected chi connectivity index (χ0v) is 9.66. The van der Waals surface area contributed by atoms with E-state index in [0.29, 0.717) is 11.1 Å². The molecule has 0 saturated heterocycles. The summed E-state index contributed by atoms with van der Waals surface area (Å²) in [4.78, 5) is 11.9. The Morgan fingerprint density at radius 2 is 1.44 bits per heavy atom. The second-order valence-electron chi connectivity index (χ2n) is 3.99. The minimum Gasteiger partial charge on any atom is -0.381 e. The van der Waals surface area contributed by atoms with E-state index in [-0.39, 0.29) is 0 Å². The molecule has 0 aromatic heterocycles. The lowest BCUT2D eigenvalue weighted by Crippen LogP contribution is -2.25. The molecule has 2 aromatic carbocycles. The summed E-state index contributed by atoms with van der Waals surface area (Å²) in [6, 6.07) is 16.4. The molecule has 92 valence electrons. The normalized spacial score (nSPS) is 13.9. The Balaban J connectivity index is 2.17. The molecule has 2 rings (SSSR count). The maximum atomic E-state index is 14.0. The summed E-state index contributed by atoms with van der Waals surface area (Å²) in [5.41, 5.74) is 0.609. The van der Waals surface area contributed by atoms with Crippen LogP contribution in [0.2, 0.25) is 0 Å². The lowest BCUT2D eigenvalue weighted by molar-refractivity contribution is 0.0511. The molecule has 18 heavy (non-hydrogen) atoms. The van der Waals surface area contributed by atoms with E-state index in [9.17, 15) is 14.3 Å². The Morgan fingerprint density at radius 1 is 0.944 bits per heavy atom. The van der Waals surface area contributed by atoms with Crippen LogP contribution in [-0.4, -0.2) is 17.0 Å². The summed E-state index contributed by atoms with van der Waals surface area (Å²) in [5, 5.41) is 9.77. The molecule has 0 radical (unpaired) electrons. The van der Waals surface area contributed by atoms with Gasteiger partial charge in [0.25, 0.3) is 0 Å². The third-order valence-electron chi connectivity index (χ3n) is 2.72. The minimum atomic E-state index is -1.71. The van der Waals surface area contributed by atoms with Gasteiger partial charge in [0.15, 0.2) is 18.1 Å². The van der Waals surface area contributed by atoms with Crippen molar-refractivity contribution in [3.05, 3.63) is 71.8 Å². The Morgan fingerprint density at radius 3 is 2.00 bits per heavy atom. The van der Waals surface area contributed by atoms with Crippen LogP contribution in [0.3, 0.4) is 0 Å². The van der Waals surface area contributed by atoms with Crippen LogP contribution in [0.25, 0.3) is 0 Å². The summed E-state index contributed by atoms with van der Waals surface area (Å²) in [7, 11) is 0. The largest absolute Gasteiger partial charge is 0.381 e. The van der Waals surface area contributed by atoms with Crippen LogP contribution in [0.4, 0.5) is 4.39 Å². The Kier molecular flexibility index (Phi) is 3.85. The number of hydrogen-bond acceptors (Lipinski definition) is 2. The molecule has 0 aliphatic rings. The van der Waals surface area contributed by atoms with Gasteiger partial charge in [0.1, 0.15) is 0 Å². The monoisotopic (exact) mass is 244 g/mol. The highest BCUT2D eigenvalue weighted by Crippen LogP contribution is 2.23. The van der Waals surface area contributed by atoms with Gasteiger partial charge in [-0.2, -0.15) is 0 Å². The number of benzene rings is 2. The molecular formula is C15H13FO2. The number of carbonyl (C=O) groups is 1. The molecule has 0 spiro atoms. The van der Waals surface area contributed by atoms with E-state index in [1.807, 2.05) is 0 Å². The van der Waals surface area contributed by atoms with Crippen LogP contribution in [0, 0.1) is 0 Å². The van der Waals surface area contributed by atoms with E-state index in [4.69, 9.17) is 0 Å². The van der Waals surface area contributed by atoms with E-state index in [0.717, 1.165) is 0 Å². The van der Waals surface area contributed by atoms with Crippen molar-refractivity contribution in [2.75, 3.05) is 0 Å². The van der Waals surface area contributed by atoms with Gasteiger partial charge in [0, 0.05) is 5.56 Å². The number of carbonyl (C=O) groups excluding carboxylic acids is 1. The number of aliphatic hydroxyl groups is 1. The molecule has 0 aliphatic carbocycles. The van der Waals surface area contributed by atoms with E-state index in [1.54, 1.807) is 60.7 Å². The standard InChI is InChI=1S/C15H13FO2/c16-13(11-7-3-1-4-8-11)15(18)14(17)12-9-5-2-6-10-12/h1-10,13,15,18H/t13-,15-/m1/s1. The van der Waals surface area contributed by atoms with Crippen molar-refractivity contribution >= 4 is 5.78 Å². The Bertz CT molecular complexity index is 511. The summed E-state index contributed by atoms with van der Waals surface area (Å²) >= 11 is 0. The number of Topliss-reactive ketones (excluding diaryl/α,β-unsaturated/α-hetero) is 1. The molecule has 2 nitrogen and oxygen atoms in total. The molecule has 0 unspecified atom stereocenters. The molecule has 0 saturated carbocycles. The van der Waals surface area contributed by atoms with Gasteiger partial charge >= 0.3 is 0 Å². The van der Waals surface area contributed by atoms with Gasteiger partial charge in [-0.05, 0) is 5.56 Å². The van der Waals surface area contributed by atoms with Crippen LogP contribution in [0.15, 0.2) is 60.7 Å². The van der Waals surface area contributed by atoms with E-state index < -0.39 is 18.1 Å². The zero-order valence-electron chi connectivity index (χ0n) is 9.66. The Hall–Kier alpha value is -2.00. The van der Waals surface area contributed by atoms with Gasteiger partial charge in [0.05, 0.1) is 0 Å². The summed E-state index contributed by atoms with van der Waals surface area (Å²) in [6.07, 6.45) is -3.38. The predicted octanol–water partition coefficient (Wildman–Crippen LogP) is 2.94. The van der Waals surface area contributed by atoms with Gasteiger partial charge < -0.3 is 5.11 Å². The number of halogens is 1. The predicted molar refractivity (Wildman–Crippen MR) is 67.1 cm³/mol. The summed E-state index contributed by atoms with van der Waals surface area (Å²) < 4.78 is 14.0. The SMILES string of the molecule is O=C(c1ccccc1)[C@H](O)[C@H](F)c1ccccc1. The molecule has 0 heterocycles. The summed E-state index contributed by atoms with van der Waals surface area (Å²) in [6.45, 7) is 0. The van der Waals surface area contributed by atoms with Gasteiger partial charge in [-0.15, -0.1) is 0 Å². The first-order chi connectivity index (χ1) is 8.70.